The molecule has 1 amide bonds. The van der Waals surface area contributed by atoms with E-state index in [4.69, 9.17) is 9.47 Å². The number of carbonyl (C=O) groups excluding carboxylic acids is 1. The molecule has 1 atom stereocenters. The van der Waals surface area contributed by atoms with Crippen molar-refractivity contribution < 1.29 is 28.9 Å². The van der Waals surface area contributed by atoms with E-state index in [2.05, 4.69) is 18.7 Å². The zero-order chi connectivity index (χ0) is 29.5. The summed E-state index contributed by atoms with van der Waals surface area (Å²) in [5.74, 6) is 0.311. The van der Waals surface area contributed by atoms with Crippen LogP contribution in [0.3, 0.4) is 0 Å². The minimum atomic E-state index is -0.710. The molecule has 0 aliphatic carbocycles. The van der Waals surface area contributed by atoms with Crippen LogP contribution in [0.15, 0.2) is 42.5 Å². The van der Waals surface area contributed by atoms with Gasteiger partial charge < -0.3 is 24.6 Å². The van der Waals surface area contributed by atoms with Crippen molar-refractivity contribution in [2.75, 3.05) is 45.9 Å². The largest absolute Gasteiger partial charge is 0.502 e. The summed E-state index contributed by atoms with van der Waals surface area (Å²) in [6.07, 6.45) is 11.1. The van der Waals surface area contributed by atoms with Gasteiger partial charge in [0.1, 0.15) is 5.82 Å². The van der Waals surface area contributed by atoms with Gasteiger partial charge in [-0.15, -0.1) is 0 Å². The van der Waals surface area contributed by atoms with Crippen molar-refractivity contribution in [3.8, 4) is 17.2 Å². The molecule has 226 valence electrons. The molecule has 1 heterocycles. The molecular weight excluding hydrogens is 523 g/mol. The summed E-state index contributed by atoms with van der Waals surface area (Å²) < 4.78 is 25.0. The van der Waals surface area contributed by atoms with Crippen molar-refractivity contribution in [3.05, 3.63) is 59.4 Å². The molecule has 0 radical (unpaired) electrons. The Hall–Kier alpha value is -3.10. The molecule has 8 heteroatoms. The average molecular weight is 571 g/mol. The molecule has 1 saturated heterocycles. The van der Waals surface area contributed by atoms with Crippen LogP contribution in [0.5, 0.6) is 17.2 Å². The number of aromatic hydroxyl groups is 1. The van der Waals surface area contributed by atoms with E-state index in [0.29, 0.717) is 63.0 Å². The second-order valence-corrected chi connectivity index (χ2v) is 10.7. The molecule has 1 aliphatic rings. The quantitative estimate of drug-likeness (QED) is 0.171. The Morgan fingerprint density at radius 1 is 0.902 bits per heavy atom. The Bertz CT molecular complexity index is 1050. The number of phenols is 1. The van der Waals surface area contributed by atoms with Crippen molar-refractivity contribution in [2.24, 2.45) is 0 Å². The van der Waals surface area contributed by atoms with E-state index in [0.717, 1.165) is 56.9 Å². The highest BCUT2D eigenvalue weighted by atomic mass is 19.1. The van der Waals surface area contributed by atoms with Crippen LogP contribution in [0.1, 0.15) is 82.4 Å². The highest BCUT2D eigenvalue weighted by Crippen LogP contribution is 2.38. The van der Waals surface area contributed by atoms with Crippen LogP contribution in [0.25, 0.3) is 6.08 Å². The number of nitrogens with zero attached hydrogens (tertiary/aromatic N) is 2. The molecule has 2 aromatic carbocycles. The highest BCUT2D eigenvalue weighted by Gasteiger charge is 2.22. The number of piperazine rings is 1. The van der Waals surface area contributed by atoms with Crippen molar-refractivity contribution >= 4 is 12.0 Å². The van der Waals surface area contributed by atoms with Gasteiger partial charge in [-0.2, -0.15) is 0 Å². The third-order valence-electron chi connectivity index (χ3n) is 7.36. The van der Waals surface area contributed by atoms with Crippen molar-refractivity contribution in [1.82, 2.24) is 9.80 Å². The molecule has 0 bridgehead atoms. The molecule has 0 aromatic heterocycles. The first-order chi connectivity index (χ1) is 19.9. The first kappa shape index (κ1) is 32.4. The lowest BCUT2D eigenvalue weighted by Crippen LogP contribution is -2.49. The minimum Gasteiger partial charge on any atom is -0.502 e. The van der Waals surface area contributed by atoms with E-state index in [1.54, 1.807) is 41.3 Å². The first-order valence-corrected chi connectivity index (χ1v) is 15.2. The molecule has 3 rings (SSSR count). The molecule has 2 N–H and O–H groups in total. The third-order valence-corrected chi connectivity index (χ3v) is 7.36. The number of aliphatic hydroxyl groups excluding tert-OH is 1. The fourth-order valence-corrected chi connectivity index (χ4v) is 4.80. The van der Waals surface area contributed by atoms with E-state index < -0.39 is 6.10 Å². The molecule has 41 heavy (non-hydrogen) atoms. The topological polar surface area (TPSA) is 82.5 Å². The molecular formula is C33H47FN2O5. The van der Waals surface area contributed by atoms with Gasteiger partial charge in [0, 0.05) is 38.8 Å². The van der Waals surface area contributed by atoms with E-state index >= 15 is 0 Å². The Morgan fingerprint density at radius 3 is 2.00 bits per heavy atom. The van der Waals surface area contributed by atoms with Crippen LogP contribution in [-0.4, -0.2) is 71.9 Å². The number of halogens is 1. The zero-order valence-corrected chi connectivity index (χ0v) is 24.7. The average Bonchev–Trinajstić information content (AvgIpc) is 2.98. The van der Waals surface area contributed by atoms with Crippen LogP contribution in [0.4, 0.5) is 4.39 Å². The summed E-state index contributed by atoms with van der Waals surface area (Å²) in [4.78, 5) is 16.9. The fourth-order valence-electron chi connectivity index (χ4n) is 4.80. The van der Waals surface area contributed by atoms with Crippen LogP contribution in [0, 0.1) is 5.82 Å². The maximum Gasteiger partial charge on any atom is 0.246 e. The number of aliphatic hydroxyl groups is 1. The number of hydrogen-bond donors (Lipinski definition) is 2. The molecule has 0 saturated carbocycles. The Kier molecular flexibility index (Phi) is 14.0. The van der Waals surface area contributed by atoms with Gasteiger partial charge >= 0.3 is 0 Å². The van der Waals surface area contributed by atoms with E-state index in [9.17, 15) is 19.4 Å². The van der Waals surface area contributed by atoms with Crippen molar-refractivity contribution in [2.45, 2.75) is 71.3 Å². The van der Waals surface area contributed by atoms with Gasteiger partial charge in [0.25, 0.3) is 0 Å². The lowest BCUT2D eigenvalue weighted by atomic mass is 10.1. The zero-order valence-electron chi connectivity index (χ0n) is 24.7. The monoisotopic (exact) mass is 570 g/mol. The van der Waals surface area contributed by atoms with Gasteiger partial charge in [-0.25, -0.2) is 4.39 Å². The highest BCUT2D eigenvalue weighted by molar-refractivity contribution is 5.92. The molecule has 1 fully saturated rings. The number of phenolic OH excluding ortho intramolecular Hbond substituents is 1. The summed E-state index contributed by atoms with van der Waals surface area (Å²) in [6.45, 7) is 8.15. The number of rotatable bonds is 17. The van der Waals surface area contributed by atoms with Gasteiger partial charge in [-0.05, 0) is 54.3 Å². The Labute approximate surface area is 244 Å². The van der Waals surface area contributed by atoms with E-state index in [1.165, 1.54) is 12.1 Å². The number of unbranched alkanes of at least 4 members (excludes halogenated alkanes) is 6. The normalized spacial score (nSPS) is 14.9. The van der Waals surface area contributed by atoms with Gasteiger partial charge in [-0.3, -0.25) is 9.69 Å². The van der Waals surface area contributed by atoms with Crippen LogP contribution in [0.2, 0.25) is 0 Å². The van der Waals surface area contributed by atoms with Crippen LogP contribution in [-0.2, 0) is 4.79 Å². The lowest BCUT2D eigenvalue weighted by Gasteiger charge is -2.35. The number of carbonyl (C=O) groups is 1. The second-order valence-electron chi connectivity index (χ2n) is 10.7. The molecule has 2 aromatic rings. The van der Waals surface area contributed by atoms with Gasteiger partial charge in [-0.1, -0.05) is 64.5 Å². The standard InChI is InChI=1S/C33H47FN2O5/c1-3-5-7-9-21-40-30-23-26(24-31(33(30)39)41-22-10-8-6-4-2)11-16-32(38)36-19-17-35(18-20-36)25-29(37)27-12-14-28(34)15-13-27/h11-16,23-24,29,37,39H,3-10,17-22,25H2,1-2H3/b16-11+. The number of benzene rings is 2. The summed E-state index contributed by atoms with van der Waals surface area (Å²) in [5, 5.41) is 21.3. The number of ether oxygens (including phenoxy) is 2. The first-order valence-electron chi connectivity index (χ1n) is 15.2. The minimum absolute atomic E-state index is 0.00148. The third kappa shape index (κ3) is 11.0. The summed E-state index contributed by atoms with van der Waals surface area (Å²) in [6, 6.07) is 9.39. The van der Waals surface area contributed by atoms with Gasteiger partial charge in [0.15, 0.2) is 11.5 Å². The fraction of sp³-hybridized carbons (Fsp3) is 0.545. The number of β-amino-alcohol motifs (C(OH)–C–C–N with tert-alkyl or cyclic N) is 1. The van der Waals surface area contributed by atoms with Gasteiger partial charge in [0.05, 0.1) is 19.3 Å². The summed E-state index contributed by atoms with van der Waals surface area (Å²) in [5.41, 5.74) is 1.40. The van der Waals surface area contributed by atoms with E-state index in [-0.39, 0.29) is 17.5 Å². The maximum absolute atomic E-state index is 13.2. The summed E-state index contributed by atoms with van der Waals surface area (Å²) in [7, 11) is 0. The molecule has 1 aliphatic heterocycles. The predicted octanol–water partition coefficient (Wildman–Crippen LogP) is 6.34. The SMILES string of the molecule is CCCCCCOc1cc(/C=C/C(=O)N2CCN(CC(O)c3ccc(F)cc3)CC2)cc(OCCCCCC)c1O. The second kappa shape index (κ2) is 17.7. The number of hydrogen-bond acceptors (Lipinski definition) is 6. The Morgan fingerprint density at radius 2 is 1.46 bits per heavy atom. The number of amides is 1. The lowest BCUT2D eigenvalue weighted by molar-refractivity contribution is -0.127. The van der Waals surface area contributed by atoms with Crippen LogP contribution >= 0.6 is 0 Å². The van der Waals surface area contributed by atoms with Gasteiger partial charge in [0.2, 0.25) is 11.7 Å². The predicted molar refractivity (Wildman–Crippen MR) is 161 cm³/mol. The maximum atomic E-state index is 13.2. The summed E-state index contributed by atoms with van der Waals surface area (Å²) >= 11 is 0. The smallest absolute Gasteiger partial charge is 0.246 e. The Balaban J connectivity index is 1.57. The van der Waals surface area contributed by atoms with E-state index in [1.807, 2.05) is 0 Å². The van der Waals surface area contributed by atoms with Crippen molar-refractivity contribution in [3.63, 3.8) is 0 Å². The van der Waals surface area contributed by atoms with Crippen molar-refractivity contribution in [1.29, 1.82) is 0 Å². The molecule has 1 unspecified atom stereocenters. The molecule has 0 spiro atoms. The van der Waals surface area contributed by atoms with Crippen LogP contribution < -0.4 is 9.47 Å². The molecule has 7 nitrogen and oxygen atoms in total.